The molecular formula is C7H13NO3S. The number of hydrogen-bond donors (Lipinski definition) is 0. The van der Waals surface area contributed by atoms with Crippen LogP contribution in [-0.4, -0.2) is 50.3 Å². The van der Waals surface area contributed by atoms with Crippen molar-refractivity contribution in [1.82, 2.24) is 4.90 Å². The van der Waals surface area contributed by atoms with Crippen molar-refractivity contribution < 1.29 is 14.3 Å². The molecule has 0 amide bonds. The van der Waals surface area contributed by atoms with Crippen molar-refractivity contribution >= 4 is 23.2 Å². The molecule has 0 spiro atoms. The number of nitrogens with zero attached hydrogens (tertiary/aromatic N) is 1. The molecule has 0 heterocycles. The highest BCUT2D eigenvalue weighted by molar-refractivity contribution is 7.80. The molecule has 0 N–H and O–H groups in total. The van der Waals surface area contributed by atoms with Crippen molar-refractivity contribution in [2.24, 2.45) is 0 Å². The summed E-state index contributed by atoms with van der Waals surface area (Å²) in [7, 11) is 5.04. The quantitative estimate of drug-likeness (QED) is 0.464. The van der Waals surface area contributed by atoms with Crippen LogP contribution in [0.4, 0.5) is 0 Å². The number of carbonyl (C=O) groups is 1. The van der Waals surface area contributed by atoms with Gasteiger partial charge in [-0.2, -0.15) is 0 Å². The summed E-state index contributed by atoms with van der Waals surface area (Å²) in [6.45, 7) is 0.426. The monoisotopic (exact) mass is 191 g/mol. The fourth-order valence-corrected chi connectivity index (χ4v) is 0.819. The first kappa shape index (κ1) is 11.3. The highest BCUT2D eigenvalue weighted by atomic mass is 32.1. The second-order valence-electron chi connectivity index (χ2n) is 2.47. The summed E-state index contributed by atoms with van der Waals surface area (Å²) in [5.41, 5.74) is 0. The molecule has 70 valence electrons. The van der Waals surface area contributed by atoms with Crippen LogP contribution in [-0.2, 0) is 14.3 Å². The van der Waals surface area contributed by atoms with Crippen molar-refractivity contribution in [3.8, 4) is 0 Å². The molecule has 0 radical (unpaired) electrons. The van der Waals surface area contributed by atoms with Gasteiger partial charge in [0.25, 0.3) is 0 Å². The zero-order valence-corrected chi connectivity index (χ0v) is 8.31. The zero-order valence-electron chi connectivity index (χ0n) is 7.49. The summed E-state index contributed by atoms with van der Waals surface area (Å²) in [5.74, 6) is -0.420. The maximum absolute atomic E-state index is 10.6. The standard InChI is InChI=1S/C7H13NO3S/c1-8(2)4-7(12)11-5-6(9)10-3/h4-5H2,1-3H3. The first-order valence-electron chi connectivity index (χ1n) is 3.43. The molecule has 0 aliphatic carbocycles. The van der Waals surface area contributed by atoms with Crippen molar-refractivity contribution in [3.63, 3.8) is 0 Å². The third-order valence-electron chi connectivity index (χ3n) is 1.02. The number of esters is 1. The molecule has 0 saturated carbocycles. The number of carbonyl (C=O) groups excluding carboxylic acids is 1. The zero-order chi connectivity index (χ0) is 9.56. The van der Waals surface area contributed by atoms with Crippen LogP contribution < -0.4 is 0 Å². The number of thiocarbonyl (C=S) groups is 1. The van der Waals surface area contributed by atoms with Crippen LogP contribution in [0, 0.1) is 0 Å². The van der Waals surface area contributed by atoms with E-state index in [2.05, 4.69) is 4.74 Å². The molecule has 0 aliphatic rings. The van der Waals surface area contributed by atoms with Gasteiger partial charge in [-0.3, -0.25) is 0 Å². The van der Waals surface area contributed by atoms with E-state index in [-0.39, 0.29) is 6.61 Å². The number of hydrogen-bond acceptors (Lipinski definition) is 5. The van der Waals surface area contributed by atoms with Crippen LogP contribution in [0.5, 0.6) is 0 Å². The lowest BCUT2D eigenvalue weighted by Crippen LogP contribution is -2.24. The Labute approximate surface area is 77.4 Å². The molecule has 0 fully saturated rings. The van der Waals surface area contributed by atoms with Crippen molar-refractivity contribution in [2.75, 3.05) is 34.4 Å². The molecular weight excluding hydrogens is 178 g/mol. The summed E-state index contributed by atoms with van der Waals surface area (Å²) in [5, 5.41) is 0.394. The number of rotatable bonds is 4. The third-order valence-corrected chi connectivity index (χ3v) is 1.27. The van der Waals surface area contributed by atoms with E-state index in [0.29, 0.717) is 11.6 Å². The molecule has 0 aromatic heterocycles. The van der Waals surface area contributed by atoms with Crippen molar-refractivity contribution in [3.05, 3.63) is 0 Å². The lowest BCUT2D eigenvalue weighted by atomic mass is 10.6. The van der Waals surface area contributed by atoms with Crippen LogP contribution in [0.25, 0.3) is 0 Å². The number of methoxy groups -OCH3 is 1. The molecule has 12 heavy (non-hydrogen) atoms. The molecule has 0 unspecified atom stereocenters. The first-order valence-corrected chi connectivity index (χ1v) is 3.84. The Balaban J connectivity index is 3.51. The van der Waals surface area contributed by atoms with Gasteiger partial charge in [-0.05, 0) is 26.3 Å². The molecule has 0 bridgehead atoms. The van der Waals surface area contributed by atoms with Gasteiger partial charge in [0.1, 0.15) is 0 Å². The van der Waals surface area contributed by atoms with Gasteiger partial charge >= 0.3 is 5.97 Å². The van der Waals surface area contributed by atoms with Gasteiger partial charge < -0.3 is 14.4 Å². The Hall–Kier alpha value is -0.680. The summed E-state index contributed by atoms with van der Waals surface area (Å²) >= 11 is 4.82. The highest BCUT2D eigenvalue weighted by Crippen LogP contribution is 1.86. The molecule has 0 saturated heterocycles. The van der Waals surface area contributed by atoms with E-state index in [1.165, 1.54) is 7.11 Å². The third kappa shape index (κ3) is 6.06. The van der Waals surface area contributed by atoms with E-state index >= 15 is 0 Å². The molecule has 5 heteroatoms. The number of ether oxygens (including phenoxy) is 2. The highest BCUT2D eigenvalue weighted by Gasteiger charge is 2.04. The van der Waals surface area contributed by atoms with E-state index in [4.69, 9.17) is 17.0 Å². The van der Waals surface area contributed by atoms with Gasteiger partial charge in [0, 0.05) is 0 Å². The Morgan fingerprint density at radius 1 is 1.50 bits per heavy atom. The molecule has 0 atom stereocenters. The number of likely N-dealkylation sites (N-methyl/N-ethyl adjacent to an activating group) is 1. The van der Waals surface area contributed by atoms with Crippen LogP contribution >= 0.6 is 12.2 Å². The van der Waals surface area contributed by atoms with Crippen LogP contribution in [0.1, 0.15) is 0 Å². The molecule has 0 rings (SSSR count). The Morgan fingerprint density at radius 2 is 2.08 bits per heavy atom. The average Bonchev–Trinajstić information content (AvgIpc) is 1.99. The summed E-state index contributed by atoms with van der Waals surface area (Å²) in [4.78, 5) is 12.4. The van der Waals surface area contributed by atoms with Crippen LogP contribution in [0.2, 0.25) is 0 Å². The van der Waals surface area contributed by atoms with E-state index in [1.807, 2.05) is 19.0 Å². The maximum Gasteiger partial charge on any atom is 0.343 e. The van der Waals surface area contributed by atoms with E-state index in [9.17, 15) is 4.79 Å². The largest absolute Gasteiger partial charge is 0.474 e. The molecule has 0 aromatic rings. The lowest BCUT2D eigenvalue weighted by molar-refractivity contribution is -0.143. The van der Waals surface area contributed by atoms with Crippen LogP contribution in [0.3, 0.4) is 0 Å². The summed E-state index contributed by atoms with van der Waals surface area (Å²) in [6, 6.07) is 0. The predicted octanol–water partition coefficient (Wildman–Crippen LogP) is 0.0650. The topological polar surface area (TPSA) is 38.8 Å². The SMILES string of the molecule is COC(=O)COC(=S)CN(C)C. The minimum Gasteiger partial charge on any atom is -0.474 e. The summed E-state index contributed by atoms with van der Waals surface area (Å²) in [6.07, 6.45) is 0. The lowest BCUT2D eigenvalue weighted by Gasteiger charge is -2.10. The van der Waals surface area contributed by atoms with Crippen LogP contribution in [0.15, 0.2) is 0 Å². The van der Waals surface area contributed by atoms with E-state index in [1.54, 1.807) is 0 Å². The van der Waals surface area contributed by atoms with E-state index < -0.39 is 5.97 Å². The molecule has 0 aromatic carbocycles. The van der Waals surface area contributed by atoms with Gasteiger partial charge in [-0.15, -0.1) is 0 Å². The maximum atomic E-state index is 10.6. The van der Waals surface area contributed by atoms with Gasteiger partial charge in [0.05, 0.1) is 13.7 Å². The minimum absolute atomic E-state index is 0.108. The Morgan fingerprint density at radius 3 is 2.50 bits per heavy atom. The summed E-state index contributed by atoms with van der Waals surface area (Å²) < 4.78 is 9.29. The fourth-order valence-electron chi connectivity index (χ4n) is 0.502. The van der Waals surface area contributed by atoms with Gasteiger partial charge in [-0.1, -0.05) is 0 Å². The van der Waals surface area contributed by atoms with Gasteiger partial charge in [-0.25, -0.2) is 4.79 Å². The second-order valence-corrected chi connectivity index (χ2v) is 2.93. The minimum atomic E-state index is -0.420. The second kappa shape index (κ2) is 5.91. The Bertz CT molecular complexity index is 170. The van der Waals surface area contributed by atoms with Gasteiger partial charge in [0.2, 0.25) is 0 Å². The normalized spacial score (nSPS) is 9.67. The smallest absolute Gasteiger partial charge is 0.343 e. The van der Waals surface area contributed by atoms with E-state index in [0.717, 1.165) is 0 Å². The first-order chi connectivity index (χ1) is 5.56. The molecule has 4 nitrogen and oxygen atoms in total. The fraction of sp³-hybridized carbons (Fsp3) is 0.714. The van der Waals surface area contributed by atoms with Crippen molar-refractivity contribution in [2.45, 2.75) is 0 Å². The van der Waals surface area contributed by atoms with Gasteiger partial charge in [0.15, 0.2) is 11.7 Å². The Kier molecular flexibility index (Phi) is 5.57. The molecule has 0 aliphatic heterocycles. The predicted molar refractivity (Wildman–Crippen MR) is 49.1 cm³/mol. The van der Waals surface area contributed by atoms with Crippen molar-refractivity contribution in [1.29, 1.82) is 0 Å². The average molecular weight is 191 g/mol.